The van der Waals surface area contributed by atoms with Crippen LogP contribution in [-0.4, -0.2) is 58.1 Å². The second kappa shape index (κ2) is 11.6. The average molecular weight is 516 g/mol. The molecule has 0 aliphatic rings. The number of halogens is 2. The molecule has 0 heterocycles. The number of carbonyl (C=O) groups excluding carboxylic acids is 2. The summed E-state index contributed by atoms with van der Waals surface area (Å²) in [5.74, 6) is -0.341. The smallest absolute Gasteiger partial charge is 0.244 e. The Kier molecular flexibility index (Phi) is 9.39. The number of hydrogen-bond donors (Lipinski definition) is 1. The lowest BCUT2D eigenvalue weighted by molar-refractivity contribution is -0.140. The van der Waals surface area contributed by atoms with Gasteiger partial charge in [0.15, 0.2) is 0 Å². The van der Waals surface area contributed by atoms with Crippen LogP contribution >= 0.6 is 23.2 Å². The number of amides is 2. The highest BCUT2D eigenvalue weighted by molar-refractivity contribution is 7.92. The predicted molar refractivity (Wildman–Crippen MR) is 130 cm³/mol. The zero-order valence-electron chi connectivity index (χ0n) is 18.8. The molecule has 0 bridgehead atoms. The van der Waals surface area contributed by atoms with Crippen molar-refractivity contribution in [2.45, 2.75) is 25.9 Å². The number of ether oxygens (including phenoxy) is 1. The fourth-order valence-electron chi connectivity index (χ4n) is 3.33. The third-order valence-electron chi connectivity index (χ3n) is 5.00. The molecule has 0 fully saturated rings. The molecule has 1 N–H and O–H groups in total. The van der Waals surface area contributed by atoms with Crippen LogP contribution < -0.4 is 14.4 Å². The molecule has 8 nitrogen and oxygen atoms in total. The van der Waals surface area contributed by atoms with Gasteiger partial charge in [0.05, 0.1) is 29.1 Å². The van der Waals surface area contributed by atoms with Crippen molar-refractivity contribution in [3.05, 3.63) is 58.1 Å². The molecular formula is C22H27Cl2N3O5S. The Bertz CT molecular complexity index is 1110. The van der Waals surface area contributed by atoms with Crippen molar-refractivity contribution >= 4 is 50.7 Å². The molecule has 0 saturated carbocycles. The van der Waals surface area contributed by atoms with Crippen LogP contribution in [-0.2, 0) is 26.2 Å². The first-order valence-corrected chi connectivity index (χ1v) is 12.7. The van der Waals surface area contributed by atoms with Gasteiger partial charge < -0.3 is 15.0 Å². The largest absolute Gasteiger partial charge is 0.497 e. The van der Waals surface area contributed by atoms with Crippen LogP contribution in [0.5, 0.6) is 5.75 Å². The summed E-state index contributed by atoms with van der Waals surface area (Å²) in [6, 6.07) is 10.8. The Labute approximate surface area is 204 Å². The number of likely N-dealkylation sites (N-methyl/N-ethyl adjacent to an activating group) is 1. The van der Waals surface area contributed by atoms with Crippen LogP contribution in [0.3, 0.4) is 0 Å². The molecule has 0 aliphatic heterocycles. The Balaban J connectivity index is 2.48. The Morgan fingerprint density at radius 1 is 1.15 bits per heavy atom. The van der Waals surface area contributed by atoms with E-state index in [2.05, 4.69) is 5.32 Å². The highest BCUT2D eigenvalue weighted by atomic mass is 35.5. The normalized spacial score (nSPS) is 12.1. The van der Waals surface area contributed by atoms with Gasteiger partial charge >= 0.3 is 0 Å². The van der Waals surface area contributed by atoms with Crippen molar-refractivity contribution in [2.75, 3.05) is 31.3 Å². The molecule has 180 valence electrons. The minimum Gasteiger partial charge on any atom is -0.497 e. The van der Waals surface area contributed by atoms with E-state index in [-0.39, 0.29) is 28.2 Å². The maximum Gasteiger partial charge on any atom is 0.244 e. The van der Waals surface area contributed by atoms with E-state index in [0.29, 0.717) is 12.2 Å². The summed E-state index contributed by atoms with van der Waals surface area (Å²) < 4.78 is 31.3. The fourth-order valence-corrected chi connectivity index (χ4v) is 4.64. The van der Waals surface area contributed by atoms with Gasteiger partial charge in [-0.3, -0.25) is 13.9 Å². The number of sulfonamides is 1. The van der Waals surface area contributed by atoms with Crippen LogP contribution in [0.25, 0.3) is 0 Å². The molecule has 2 amide bonds. The van der Waals surface area contributed by atoms with Gasteiger partial charge in [0.2, 0.25) is 21.8 Å². The van der Waals surface area contributed by atoms with Crippen LogP contribution in [0.1, 0.15) is 18.9 Å². The topological polar surface area (TPSA) is 96.0 Å². The van der Waals surface area contributed by atoms with Crippen LogP contribution in [0, 0.1) is 0 Å². The van der Waals surface area contributed by atoms with E-state index < -0.39 is 28.5 Å². The van der Waals surface area contributed by atoms with Gasteiger partial charge in [-0.1, -0.05) is 48.3 Å². The monoisotopic (exact) mass is 515 g/mol. The van der Waals surface area contributed by atoms with Gasteiger partial charge in [0, 0.05) is 13.6 Å². The summed E-state index contributed by atoms with van der Waals surface area (Å²) >= 11 is 12.3. The van der Waals surface area contributed by atoms with Gasteiger partial charge in [0.1, 0.15) is 18.3 Å². The first-order chi connectivity index (χ1) is 15.5. The van der Waals surface area contributed by atoms with E-state index in [1.54, 1.807) is 37.3 Å². The van der Waals surface area contributed by atoms with E-state index in [0.717, 1.165) is 16.1 Å². The summed E-state index contributed by atoms with van der Waals surface area (Å²) in [7, 11) is -0.898. The van der Waals surface area contributed by atoms with Crippen LogP contribution in [0.4, 0.5) is 5.69 Å². The summed E-state index contributed by atoms with van der Waals surface area (Å²) in [5.41, 5.74) is 0.797. The highest BCUT2D eigenvalue weighted by Crippen LogP contribution is 2.33. The zero-order chi connectivity index (χ0) is 24.8. The quantitative estimate of drug-likeness (QED) is 0.523. The summed E-state index contributed by atoms with van der Waals surface area (Å²) in [5, 5.41) is 2.73. The highest BCUT2D eigenvalue weighted by Gasteiger charge is 2.32. The molecule has 0 saturated heterocycles. The summed E-state index contributed by atoms with van der Waals surface area (Å²) in [4.78, 5) is 27.4. The number of nitrogens with one attached hydrogen (secondary N) is 1. The van der Waals surface area contributed by atoms with E-state index in [9.17, 15) is 18.0 Å². The molecule has 2 aromatic carbocycles. The fraction of sp³-hybridized carbons (Fsp3) is 0.364. The lowest BCUT2D eigenvalue weighted by Crippen LogP contribution is -2.51. The molecule has 0 unspecified atom stereocenters. The third-order valence-corrected chi connectivity index (χ3v) is 6.93. The second-order valence-electron chi connectivity index (χ2n) is 7.25. The first kappa shape index (κ1) is 26.8. The van der Waals surface area contributed by atoms with E-state index in [1.165, 1.54) is 31.2 Å². The number of nitrogens with zero attached hydrogens (tertiary/aromatic N) is 2. The Morgan fingerprint density at radius 2 is 1.82 bits per heavy atom. The number of benzene rings is 2. The number of anilines is 1. The number of carbonyl (C=O) groups is 2. The number of methoxy groups -OCH3 is 1. The summed E-state index contributed by atoms with van der Waals surface area (Å²) in [6.07, 6.45) is 1.30. The second-order valence-corrected chi connectivity index (χ2v) is 9.95. The van der Waals surface area contributed by atoms with Crippen molar-refractivity contribution in [3.63, 3.8) is 0 Å². The van der Waals surface area contributed by atoms with Gasteiger partial charge in [0.25, 0.3) is 0 Å². The zero-order valence-corrected chi connectivity index (χ0v) is 21.2. The van der Waals surface area contributed by atoms with E-state index in [4.69, 9.17) is 27.9 Å². The maximum atomic E-state index is 13.5. The molecule has 11 heteroatoms. The number of hydrogen-bond acceptors (Lipinski definition) is 5. The van der Waals surface area contributed by atoms with Gasteiger partial charge in [-0.25, -0.2) is 8.42 Å². The lowest BCUT2D eigenvalue weighted by atomic mass is 10.1. The van der Waals surface area contributed by atoms with Gasteiger partial charge in [-0.2, -0.15) is 0 Å². The SMILES string of the molecule is CC[C@H](C(=O)NC)N(Cc1cccc(OC)c1)C(=O)CN(c1cccc(Cl)c1Cl)S(C)(=O)=O. The number of rotatable bonds is 10. The molecule has 2 rings (SSSR count). The van der Waals surface area contributed by atoms with Crippen molar-refractivity contribution < 1.29 is 22.7 Å². The molecule has 0 radical (unpaired) electrons. The average Bonchev–Trinajstić information content (AvgIpc) is 2.78. The van der Waals surface area contributed by atoms with Crippen LogP contribution in [0.15, 0.2) is 42.5 Å². The molecule has 0 aromatic heterocycles. The Morgan fingerprint density at radius 3 is 2.39 bits per heavy atom. The Hall–Kier alpha value is -2.49. The lowest BCUT2D eigenvalue weighted by Gasteiger charge is -2.32. The van der Waals surface area contributed by atoms with Crippen molar-refractivity contribution in [2.24, 2.45) is 0 Å². The molecule has 1 atom stereocenters. The minimum atomic E-state index is -3.91. The van der Waals surface area contributed by atoms with E-state index >= 15 is 0 Å². The molecule has 2 aromatic rings. The van der Waals surface area contributed by atoms with Gasteiger partial charge in [-0.15, -0.1) is 0 Å². The standard InChI is InChI=1S/C22H27Cl2N3O5S/c1-5-18(22(29)25-2)26(13-15-8-6-9-16(12-15)32-3)20(28)14-27(33(4,30)31)19-11-7-10-17(23)21(19)24/h6-12,18H,5,13-14H2,1-4H3,(H,25,29)/t18-/m1/s1. The minimum absolute atomic E-state index is 0.00933. The van der Waals surface area contributed by atoms with Gasteiger partial charge in [-0.05, 0) is 36.2 Å². The summed E-state index contributed by atoms with van der Waals surface area (Å²) in [6.45, 7) is 1.28. The predicted octanol–water partition coefficient (Wildman–Crippen LogP) is 3.32. The van der Waals surface area contributed by atoms with Crippen molar-refractivity contribution in [3.8, 4) is 5.75 Å². The van der Waals surface area contributed by atoms with E-state index in [1.807, 2.05) is 0 Å². The first-order valence-electron chi connectivity index (χ1n) is 10.1. The third kappa shape index (κ3) is 6.75. The molecule has 0 spiro atoms. The van der Waals surface area contributed by atoms with Crippen LogP contribution in [0.2, 0.25) is 10.0 Å². The van der Waals surface area contributed by atoms with Crippen molar-refractivity contribution in [1.82, 2.24) is 10.2 Å². The maximum absolute atomic E-state index is 13.5. The molecule has 33 heavy (non-hydrogen) atoms. The molecule has 0 aliphatic carbocycles. The molecular weight excluding hydrogens is 489 g/mol. The van der Waals surface area contributed by atoms with Crippen molar-refractivity contribution in [1.29, 1.82) is 0 Å².